The molecule has 0 aromatic heterocycles. The third-order valence-corrected chi connectivity index (χ3v) is 7.67. The van der Waals surface area contributed by atoms with Crippen molar-refractivity contribution in [3.63, 3.8) is 0 Å². The van der Waals surface area contributed by atoms with Gasteiger partial charge < -0.3 is 38.3 Å². The first-order valence-electron chi connectivity index (χ1n) is 14.7. The molecule has 4 aromatic carbocycles. The fraction of sp³-hybridized carbons (Fsp3) is 0.333. The van der Waals surface area contributed by atoms with E-state index in [2.05, 4.69) is 0 Å². The van der Waals surface area contributed by atoms with Crippen LogP contribution in [0.1, 0.15) is 34.8 Å². The van der Waals surface area contributed by atoms with E-state index in [0.29, 0.717) is 49.1 Å². The second-order valence-corrected chi connectivity index (χ2v) is 10.6. The van der Waals surface area contributed by atoms with Crippen LogP contribution in [-0.2, 0) is 38.8 Å². The van der Waals surface area contributed by atoms with Crippen LogP contribution >= 0.6 is 0 Å². The van der Waals surface area contributed by atoms with Gasteiger partial charge in [0, 0.05) is 12.5 Å². The minimum absolute atomic E-state index is 0.0288. The van der Waals surface area contributed by atoms with Crippen molar-refractivity contribution < 1.29 is 38.3 Å². The lowest BCUT2D eigenvalue weighted by molar-refractivity contribution is -0.222. The standard InChI is InChI=1S/C36H40O8/c1-38-30-19-28(37)33(36(40-3)35(30)39-2)29-20-31(42-22-26-15-9-5-10-16-26)34(43-23-27-17-11-6-12-18-27)32(44-29)24-41-21-25-13-7-4-8-14-25/h4-19,29,31-32,34,37H,20-24H2,1-3H3/t29-,31-,32-,34+/m1/s1. The van der Waals surface area contributed by atoms with Gasteiger partial charge in [0.2, 0.25) is 5.75 Å². The van der Waals surface area contributed by atoms with E-state index in [4.69, 9.17) is 33.2 Å². The summed E-state index contributed by atoms with van der Waals surface area (Å²) in [6.07, 6.45) is -1.62. The quantitative estimate of drug-likeness (QED) is 0.173. The van der Waals surface area contributed by atoms with Crippen molar-refractivity contribution >= 4 is 0 Å². The Balaban J connectivity index is 1.47. The highest BCUT2D eigenvalue weighted by atomic mass is 16.6. The van der Waals surface area contributed by atoms with Crippen LogP contribution in [0.4, 0.5) is 0 Å². The first kappa shape index (κ1) is 31.3. The third-order valence-electron chi connectivity index (χ3n) is 7.67. The number of ether oxygens (including phenoxy) is 7. The summed E-state index contributed by atoms with van der Waals surface area (Å²) in [5.41, 5.74) is 3.59. The van der Waals surface area contributed by atoms with Crippen LogP contribution in [0.2, 0.25) is 0 Å². The highest BCUT2D eigenvalue weighted by molar-refractivity contribution is 5.62. The fourth-order valence-electron chi connectivity index (χ4n) is 5.51. The smallest absolute Gasteiger partial charge is 0.203 e. The van der Waals surface area contributed by atoms with Crippen LogP contribution in [0.15, 0.2) is 97.1 Å². The molecule has 4 atom stereocenters. The molecule has 44 heavy (non-hydrogen) atoms. The minimum atomic E-state index is -0.618. The summed E-state index contributed by atoms with van der Waals surface area (Å²) in [5, 5.41) is 11.2. The molecular weight excluding hydrogens is 560 g/mol. The van der Waals surface area contributed by atoms with E-state index in [0.717, 1.165) is 16.7 Å². The van der Waals surface area contributed by atoms with Crippen molar-refractivity contribution in [2.45, 2.75) is 50.7 Å². The van der Waals surface area contributed by atoms with Crippen molar-refractivity contribution in [3.8, 4) is 23.0 Å². The molecule has 1 heterocycles. The van der Waals surface area contributed by atoms with Gasteiger partial charge in [0.1, 0.15) is 18.0 Å². The summed E-state index contributed by atoms with van der Waals surface area (Å²) in [6, 6.07) is 31.5. The second kappa shape index (κ2) is 15.6. The molecule has 1 saturated heterocycles. The van der Waals surface area contributed by atoms with Crippen LogP contribution in [0.25, 0.3) is 0 Å². The average Bonchev–Trinajstić information content (AvgIpc) is 3.07. The molecule has 1 fully saturated rings. The lowest BCUT2D eigenvalue weighted by Crippen LogP contribution is -2.50. The number of benzene rings is 4. The van der Waals surface area contributed by atoms with Crippen molar-refractivity contribution in [3.05, 3.63) is 119 Å². The molecule has 1 aliphatic heterocycles. The first-order chi connectivity index (χ1) is 21.6. The van der Waals surface area contributed by atoms with Gasteiger partial charge in [-0.15, -0.1) is 0 Å². The summed E-state index contributed by atoms with van der Waals surface area (Å²) in [6.45, 7) is 1.42. The molecule has 8 nitrogen and oxygen atoms in total. The Bertz CT molecular complexity index is 1430. The monoisotopic (exact) mass is 600 g/mol. The van der Waals surface area contributed by atoms with E-state index in [1.807, 2.05) is 91.0 Å². The number of phenols is 1. The molecular formula is C36H40O8. The summed E-state index contributed by atoms with van der Waals surface area (Å²) >= 11 is 0. The zero-order chi connectivity index (χ0) is 30.7. The second-order valence-electron chi connectivity index (χ2n) is 10.6. The van der Waals surface area contributed by atoms with Gasteiger partial charge in [0.05, 0.1) is 65.5 Å². The van der Waals surface area contributed by atoms with Gasteiger partial charge in [0.15, 0.2) is 11.5 Å². The van der Waals surface area contributed by atoms with E-state index in [-0.39, 0.29) is 12.4 Å². The lowest BCUT2D eigenvalue weighted by atomic mass is 9.92. The number of hydrogen-bond acceptors (Lipinski definition) is 8. The Kier molecular flexibility index (Phi) is 11.1. The Hall–Kier alpha value is -4.08. The van der Waals surface area contributed by atoms with E-state index < -0.39 is 24.4 Å². The van der Waals surface area contributed by atoms with Gasteiger partial charge in [-0.2, -0.15) is 0 Å². The van der Waals surface area contributed by atoms with Crippen LogP contribution in [-0.4, -0.2) is 51.4 Å². The minimum Gasteiger partial charge on any atom is -0.507 e. The molecule has 0 radical (unpaired) electrons. The van der Waals surface area contributed by atoms with Crippen LogP contribution in [0.3, 0.4) is 0 Å². The zero-order valence-electron chi connectivity index (χ0n) is 25.4. The topological polar surface area (TPSA) is 84.8 Å². The van der Waals surface area contributed by atoms with Gasteiger partial charge in [0.25, 0.3) is 0 Å². The van der Waals surface area contributed by atoms with Crippen molar-refractivity contribution in [1.82, 2.24) is 0 Å². The summed E-state index contributed by atoms with van der Waals surface area (Å²) < 4.78 is 42.9. The summed E-state index contributed by atoms with van der Waals surface area (Å²) in [4.78, 5) is 0. The van der Waals surface area contributed by atoms with E-state index in [1.54, 1.807) is 0 Å². The number of rotatable bonds is 14. The van der Waals surface area contributed by atoms with Gasteiger partial charge in [-0.3, -0.25) is 0 Å². The molecule has 0 bridgehead atoms. The number of aromatic hydroxyl groups is 1. The van der Waals surface area contributed by atoms with E-state index in [1.165, 1.54) is 27.4 Å². The molecule has 0 aliphatic carbocycles. The van der Waals surface area contributed by atoms with Crippen LogP contribution < -0.4 is 14.2 Å². The Morgan fingerprint density at radius 1 is 0.682 bits per heavy atom. The Morgan fingerprint density at radius 2 is 1.23 bits per heavy atom. The maximum atomic E-state index is 11.2. The van der Waals surface area contributed by atoms with Gasteiger partial charge in [-0.05, 0) is 16.7 Å². The van der Waals surface area contributed by atoms with E-state index >= 15 is 0 Å². The van der Waals surface area contributed by atoms with Crippen molar-refractivity contribution in [2.75, 3.05) is 27.9 Å². The number of phenolic OH excluding ortho intramolecular Hbond substituents is 1. The van der Waals surface area contributed by atoms with Crippen LogP contribution in [0.5, 0.6) is 23.0 Å². The predicted molar refractivity (Wildman–Crippen MR) is 166 cm³/mol. The van der Waals surface area contributed by atoms with Crippen molar-refractivity contribution in [1.29, 1.82) is 0 Å². The lowest BCUT2D eigenvalue weighted by Gasteiger charge is -2.42. The largest absolute Gasteiger partial charge is 0.507 e. The van der Waals surface area contributed by atoms with Gasteiger partial charge in [-0.1, -0.05) is 91.0 Å². The molecule has 4 aromatic rings. The molecule has 0 unspecified atom stereocenters. The zero-order valence-corrected chi connectivity index (χ0v) is 25.4. The first-order valence-corrected chi connectivity index (χ1v) is 14.7. The Morgan fingerprint density at radius 3 is 1.77 bits per heavy atom. The maximum Gasteiger partial charge on any atom is 0.203 e. The van der Waals surface area contributed by atoms with Crippen molar-refractivity contribution in [2.24, 2.45) is 0 Å². The SMILES string of the molecule is COc1cc(O)c([C@H]2C[C@@H](OCc3ccccc3)[C@H](OCc3ccccc3)[C@@H](COCc3ccccc3)O2)c(OC)c1OC. The van der Waals surface area contributed by atoms with Gasteiger partial charge >= 0.3 is 0 Å². The molecule has 0 amide bonds. The maximum absolute atomic E-state index is 11.2. The summed E-state index contributed by atoms with van der Waals surface area (Å²) in [5.74, 6) is 1.03. The highest BCUT2D eigenvalue weighted by Crippen LogP contribution is 2.50. The molecule has 1 N–H and O–H groups in total. The highest BCUT2D eigenvalue weighted by Gasteiger charge is 2.43. The van der Waals surface area contributed by atoms with E-state index in [9.17, 15) is 5.11 Å². The fourth-order valence-corrected chi connectivity index (χ4v) is 5.51. The normalized spacial score (nSPS) is 19.8. The summed E-state index contributed by atoms with van der Waals surface area (Å²) in [7, 11) is 4.57. The number of hydrogen-bond donors (Lipinski definition) is 1. The predicted octanol–water partition coefficient (Wildman–Crippen LogP) is 6.64. The molecule has 8 heteroatoms. The average molecular weight is 601 g/mol. The molecule has 1 aliphatic rings. The number of methoxy groups -OCH3 is 3. The molecule has 0 saturated carbocycles. The molecule has 5 rings (SSSR count). The molecule has 232 valence electrons. The van der Waals surface area contributed by atoms with Crippen LogP contribution in [0, 0.1) is 0 Å². The molecule has 0 spiro atoms. The Labute approximate surface area is 259 Å². The van der Waals surface area contributed by atoms with Gasteiger partial charge in [-0.25, -0.2) is 0 Å². The third kappa shape index (κ3) is 7.70.